The van der Waals surface area contributed by atoms with E-state index in [0.29, 0.717) is 28.7 Å². The number of carbonyl (C=O) groups is 1. The first-order valence-electron chi connectivity index (χ1n) is 8.89. The highest BCUT2D eigenvalue weighted by molar-refractivity contribution is 6.33. The molecule has 0 spiro atoms. The molecular formula is C19H25ClN4O. The number of carbonyl (C=O) groups excluding carboxylic acids is 1. The fourth-order valence-electron chi connectivity index (χ4n) is 3.66. The minimum absolute atomic E-state index is 0.00658. The number of halogens is 1. The molecule has 0 saturated heterocycles. The average Bonchev–Trinajstić information content (AvgIpc) is 3.02. The smallest absolute Gasteiger partial charge is 0.255 e. The molecule has 2 aromatic rings. The van der Waals surface area contributed by atoms with E-state index in [1.54, 1.807) is 24.0 Å². The van der Waals surface area contributed by atoms with Gasteiger partial charge in [0.05, 0.1) is 10.6 Å². The first kappa shape index (κ1) is 18.0. The number of hydrogen-bond acceptors (Lipinski definition) is 3. The second kappa shape index (κ2) is 8.02. The summed E-state index contributed by atoms with van der Waals surface area (Å²) in [4.78, 5) is 12.9. The standard InChI is InChI=1S/C19H25ClN4O/c1-24-12-15(18(23-24)14-9-5-6-10-16(14)20)19(25)22-17(11-21)13-7-3-2-4-8-13/h5-6,9-10,12-13,17H,2-4,7-8,11,21H2,1H3,(H,22,25). The van der Waals surface area contributed by atoms with Gasteiger partial charge in [0.15, 0.2) is 0 Å². The molecule has 0 radical (unpaired) electrons. The third-order valence-electron chi connectivity index (χ3n) is 4.99. The topological polar surface area (TPSA) is 72.9 Å². The number of aromatic nitrogens is 2. The Hall–Kier alpha value is -1.85. The number of nitrogens with two attached hydrogens (primary N) is 1. The van der Waals surface area contributed by atoms with Gasteiger partial charge < -0.3 is 11.1 Å². The van der Waals surface area contributed by atoms with Gasteiger partial charge in [-0.25, -0.2) is 0 Å². The van der Waals surface area contributed by atoms with E-state index >= 15 is 0 Å². The highest BCUT2D eigenvalue weighted by atomic mass is 35.5. The van der Waals surface area contributed by atoms with Gasteiger partial charge in [0.1, 0.15) is 5.69 Å². The molecule has 1 heterocycles. The third kappa shape index (κ3) is 4.05. The summed E-state index contributed by atoms with van der Waals surface area (Å²) in [5.74, 6) is 0.326. The number of nitrogens with one attached hydrogen (secondary N) is 1. The Morgan fingerprint density at radius 2 is 2.08 bits per heavy atom. The Morgan fingerprint density at radius 3 is 2.76 bits per heavy atom. The van der Waals surface area contributed by atoms with Gasteiger partial charge in [-0.1, -0.05) is 49.1 Å². The largest absolute Gasteiger partial charge is 0.348 e. The van der Waals surface area contributed by atoms with E-state index in [2.05, 4.69) is 10.4 Å². The van der Waals surface area contributed by atoms with Crippen LogP contribution >= 0.6 is 11.6 Å². The lowest BCUT2D eigenvalue weighted by Gasteiger charge is -2.30. The maximum atomic E-state index is 12.9. The summed E-state index contributed by atoms with van der Waals surface area (Å²) in [5, 5.41) is 8.17. The fraction of sp³-hybridized carbons (Fsp3) is 0.474. The molecule has 3 rings (SSSR count). The maximum Gasteiger partial charge on any atom is 0.255 e. The SMILES string of the molecule is Cn1cc(C(=O)NC(CN)C2CCCCC2)c(-c2ccccc2Cl)n1. The van der Waals surface area contributed by atoms with E-state index in [1.165, 1.54) is 19.3 Å². The number of amides is 1. The first-order valence-corrected chi connectivity index (χ1v) is 9.27. The Morgan fingerprint density at radius 1 is 1.36 bits per heavy atom. The molecule has 1 saturated carbocycles. The molecule has 1 aromatic heterocycles. The molecule has 0 aliphatic heterocycles. The zero-order valence-corrected chi connectivity index (χ0v) is 15.3. The lowest BCUT2D eigenvalue weighted by atomic mass is 9.84. The highest BCUT2D eigenvalue weighted by Gasteiger charge is 2.26. The lowest BCUT2D eigenvalue weighted by Crippen LogP contribution is -2.46. The van der Waals surface area contributed by atoms with Crippen molar-refractivity contribution in [3.63, 3.8) is 0 Å². The van der Waals surface area contributed by atoms with Crippen LogP contribution in [0.4, 0.5) is 0 Å². The van der Waals surface area contributed by atoms with Crippen molar-refractivity contribution < 1.29 is 4.79 Å². The second-order valence-electron chi connectivity index (χ2n) is 6.76. The van der Waals surface area contributed by atoms with Crippen LogP contribution < -0.4 is 11.1 Å². The van der Waals surface area contributed by atoms with E-state index in [9.17, 15) is 4.79 Å². The van der Waals surface area contributed by atoms with Gasteiger partial charge in [0.2, 0.25) is 0 Å². The summed E-state index contributed by atoms with van der Waals surface area (Å²) in [6.07, 6.45) is 7.71. The van der Waals surface area contributed by atoms with Crippen LogP contribution in [0.3, 0.4) is 0 Å². The minimum atomic E-state index is -0.135. The van der Waals surface area contributed by atoms with Crippen LogP contribution in [0.15, 0.2) is 30.5 Å². The van der Waals surface area contributed by atoms with Crippen LogP contribution in [0.5, 0.6) is 0 Å². The molecule has 6 heteroatoms. The van der Waals surface area contributed by atoms with Crippen LogP contribution in [0.25, 0.3) is 11.3 Å². The summed E-state index contributed by atoms with van der Waals surface area (Å²) in [5.41, 5.74) is 7.85. The van der Waals surface area contributed by atoms with Crippen LogP contribution in [-0.2, 0) is 7.05 Å². The number of hydrogen-bond donors (Lipinski definition) is 2. The number of nitrogens with zero attached hydrogens (tertiary/aromatic N) is 2. The van der Waals surface area contributed by atoms with Crippen molar-refractivity contribution >= 4 is 17.5 Å². The molecule has 1 aliphatic rings. The van der Waals surface area contributed by atoms with Crippen LogP contribution in [0.2, 0.25) is 5.02 Å². The zero-order chi connectivity index (χ0) is 17.8. The average molecular weight is 361 g/mol. The van der Waals surface area contributed by atoms with Gasteiger partial charge in [0.25, 0.3) is 5.91 Å². The molecule has 1 aliphatic carbocycles. The summed E-state index contributed by atoms with van der Waals surface area (Å²) in [7, 11) is 1.80. The molecule has 25 heavy (non-hydrogen) atoms. The number of benzene rings is 1. The van der Waals surface area contributed by atoms with E-state index in [4.69, 9.17) is 17.3 Å². The van der Waals surface area contributed by atoms with E-state index in [1.807, 2.05) is 18.2 Å². The quantitative estimate of drug-likeness (QED) is 0.858. The molecule has 1 atom stereocenters. The van der Waals surface area contributed by atoms with Crippen molar-refractivity contribution in [3.05, 3.63) is 41.0 Å². The molecule has 1 amide bonds. The normalized spacial score (nSPS) is 16.6. The van der Waals surface area contributed by atoms with E-state index < -0.39 is 0 Å². The summed E-state index contributed by atoms with van der Waals surface area (Å²) >= 11 is 6.30. The van der Waals surface area contributed by atoms with Crippen LogP contribution in [0, 0.1) is 5.92 Å². The van der Waals surface area contributed by atoms with Crippen LogP contribution in [-0.4, -0.2) is 28.3 Å². The van der Waals surface area contributed by atoms with Crippen molar-refractivity contribution in [2.45, 2.75) is 38.1 Å². The fourth-order valence-corrected chi connectivity index (χ4v) is 3.88. The van der Waals surface area contributed by atoms with Gasteiger partial charge in [-0.15, -0.1) is 0 Å². The van der Waals surface area contributed by atoms with Crippen molar-refractivity contribution in [1.82, 2.24) is 15.1 Å². The Bertz CT molecular complexity index is 737. The zero-order valence-electron chi connectivity index (χ0n) is 14.5. The van der Waals surface area contributed by atoms with E-state index in [0.717, 1.165) is 18.4 Å². The van der Waals surface area contributed by atoms with Gasteiger partial charge in [-0.3, -0.25) is 9.48 Å². The van der Waals surface area contributed by atoms with E-state index in [-0.39, 0.29) is 11.9 Å². The van der Waals surface area contributed by atoms with Gasteiger partial charge in [-0.2, -0.15) is 5.10 Å². The molecule has 1 aromatic carbocycles. The van der Waals surface area contributed by atoms with Crippen molar-refractivity contribution in [2.75, 3.05) is 6.54 Å². The molecule has 0 bridgehead atoms. The third-order valence-corrected chi connectivity index (χ3v) is 5.32. The van der Waals surface area contributed by atoms with Crippen molar-refractivity contribution in [3.8, 4) is 11.3 Å². The molecule has 1 fully saturated rings. The van der Waals surface area contributed by atoms with Gasteiger partial charge >= 0.3 is 0 Å². The van der Waals surface area contributed by atoms with Gasteiger partial charge in [0, 0.05) is 31.4 Å². The molecule has 134 valence electrons. The summed E-state index contributed by atoms with van der Waals surface area (Å²) in [6.45, 7) is 0.456. The highest BCUT2D eigenvalue weighted by Crippen LogP contribution is 2.30. The summed E-state index contributed by atoms with van der Waals surface area (Å²) < 4.78 is 1.64. The van der Waals surface area contributed by atoms with Crippen molar-refractivity contribution in [1.29, 1.82) is 0 Å². The Balaban J connectivity index is 1.83. The van der Waals surface area contributed by atoms with Crippen molar-refractivity contribution in [2.24, 2.45) is 18.7 Å². The molecule has 3 N–H and O–H groups in total. The van der Waals surface area contributed by atoms with Gasteiger partial charge in [-0.05, 0) is 24.8 Å². The summed E-state index contributed by atoms with van der Waals surface area (Å²) in [6, 6.07) is 7.44. The Labute approximate surface area is 153 Å². The second-order valence-corrected chi connectivity index (χ2v) is 7.17. The lowest BCUT2D eigenvalue weighted by molar-refractivity contribution is 0.0916. The molecule has 1 unspecified atom stereocenters. The Kier molecular flexibility index (Phi) is 5.76. The predicted octanol–water partition coefficient (Wildman–Crippen LogP) is 3.38. The maximum absolute atomic E-state index is 12.9. The molecule has 5 nitrogen and oxygen atoms in total. The molecular weight excluding hydrogens is 336 g/mol. The first-order chi connectivity index (χ1) is 12.1. The monoisotopic (exact) mass is 360 g/mol. The van der Waals surface area contributed by atoms with Crippen LogP contribution in [0.1, 0.15) is 42.5 Å². The number of aryl methyl sites for hydroxylation is 1. The minimum Gasteiger partial charge on any atom is -0.348 e. The number of rotatable bonds is 5. The predicted molar refractivity (Wildman–Crippen MR) is 101 cm³/mol.